The zero-order chi connectivity index (χ0) is 20.6. The monoisotopic (exact) mass is 561 g/mol. The Bertz CT molecular complexity index is 812. The number of aryl methyl sites for hydroxylation is 1. The molecule has 0 radical (unpaired) electrons. The van der Waals surface area contributed by atoms with Gasteiger partial charge in [-0.05, 0) is 63.9 Å². The fourth-order valence-corrected chi connectivity index (χ4v) is 5.01. The molecule has 0 spiro atoms. The summed E-state index contributed by atoms with van der Waals surface area (Å²) in [6, 6.07) is 8.64. The van der Waals surface area contributed by atoms with E-state index in [0.29, 0.717) is 12.0 Å². The Morgan fingerprint density at radius 3 is 2.90 bits per heavy atom. The van der Waals surface area contributed by atoms with Crippen LogP contribution in [0.4, 0.5) is 0 Å². The fraction of sp³-hybridized carbons (Fsp3) is 0.545. The maximum atomic E-state index is 6.27. The van der Waals surface area contributed by atoms with Crippen molar-refractivity contribution in [3.05, 3.63) is 50.9 Å². The van der Waals surface area contributed by atoms with E-state index in [0.717, 1.165) is 43.6 Å². The molecule has 0 amide bonds. The minimum atomic E-state index is 0. The average molecular weight is 562 g/mol. The van der Waals surface area contributed by atoms with Crippen molar-refractivity contribution in [3.63, 3.8) is 0 Å². The van der Waals surface area contributed by atoms with Crippen LogP contribution in [-0.2, 0) is 6.42 Å². The minimum Gasteiger partial charge on any atom is -0.357 e. The maximum absolute atomic E-state index is 6.27. The lowest BCUT2D eigenvalue weighted by molar-refractivity contribution is 0.125. The maximum Gasteiger partial charge on any atom is 0.191 e. The van der Waals surface area contributed by atoms with E-state index >= 15 is 0 Å². The number of thiazole rings is 1. The highest BCUT2D eigenvalue weighted by atomic mass is 127. The molecule has 2 N–H and O–H groups in total. The number of benzene rings is 1. The van der Waals surface area contributed by atoms with Gasteiger partial charge in [0.15, 0.2) is 5.96 Å². The molecule has 2 atom stereocenters. The highest BCUT2D eigenvalue weighted by Gasteiger charge is 2.30. The van der Waals surface area contributed by atoms with Crippen molar-refractivity contribution in [2.75, 3.05) is 33.2 Å². The number of aliphatic imine (C=N–C) groups is 1. The number of hydrogen-bond donors (Lipinski definition) is 2. The van der Waals surface area contributed by atoms with E-state index in [1.165, 1.54) is 28.3 Å². The highest BCUT2D eigenvalue weighted by molar-refractivity contribution is 14.0. The van der Waals surface area contributed by atoms with Gasteiger partial charge in [0.1, 0.15) is 0 Å². The summed E-state index contributed by atoms with van der Waals surface area (Å²) in [6.45, 7) is 7.80. The first kappa shape index (κ1) is 25.4. The zero-order valence-corrected chi connectivity index (χ0v) is 21.9. The number of nitrogens with one attached hydrogen (secondary N) is 2. The summed E-state index contributed by atoms with van der Waals surface area (Å²) in [5.41, 5.74) is 1.29. The van der Waals surface area contributed by atoms with Gasteiger partial charge in [0.25, 0.3) is 0 Å². The molecule has 0 bridgehead atoms. The SMILES string of the molecule is CCNC(=NCC1CCCN(C)C1c1cccc(Cl)c1)NCCc1ncc(C)s1.I. The number of halogens is 2. The van der Waals surface area contributed by atoms with Crippen molar-refractivity contribution in [1.82, 2.24) is 20.5 Å². The molecule has 8 heteroatoms. The standard InChI is InChI=1S/C22H32ClN5S.HI/c1-4-24-22(25-11-10-20-26-14-16(2)29-20)27-15-18-8-6-12-28(3)21(18)17-7-5-9-19(23)13-17;/h5,7,9,13-14,18,21H,4,6,8,10-12,15H2,1-3H3,(H2,24,25,27);1H. The third-order valence-corrected chi connectivity index (χ3v) is 6.53. The molecule has 2 heterocycles. The molecule has 30 heavy (non-hydrogen) atoms. The van der Waals surface area contributed by atoms with Crippen molar-refractivity contribution in [1.29, 1.82) is 0 Å². The predicted octanol–water partition coefficient (Wildman–Crippen LogP) is 4.90. The Labute approximate surface area is 206 Å². The summed E-state index contributed by atoms with van der Waals surface area (Å²) in [5, 5.41) is 8.81. The molecule has 0 aliphatic carbocycles. The van der Waals surface area contributed by atoms with E-state index in [-0.39, 0.29) is 24.0 Å². The number of hydrogen-bond acceptors (Lipinski definition) is 4. The van der Waals surface area contributed by atoms with Gasteiger partial charge in [-0.25, -0.2) is 4.98 Å². The molecule has 1 saturated heterocycles. The van der Waals surface area contributed by atoms with E-state index < -0.39 is 0 Å². The van der Waals surface area contributed by atoms with Crippen LogP contribution in [0.2, 0.25) is 5.02 Å². The smallest absolute Gasteiger partial charge is 0.191 e. The molecule has 1 aliphatic heterocycles. The van der Waals surface area contributed by atoms with E-state index in [1.807, 2.05) is 18.3 Å². The molecule has 2 unspecified atom stereocenters. The highest BCUT2D eigenvalue weighted by Crippen LogP contribution is 2.36. The number of piperidine rings is 1. The zero-order valence-electron chi connectivity index (χ0n) is 18.0. The largest absolute Gasteiger partial charge is 0.357 e. The Kier molecular flexibility index (Phi) is 10.8. The number of likely N-dealkylation sites (tertiary alicyclic amines) is 1. The second kappa shape index (κ2) is 12.8. The van der Waals surface area contributed by atoms with Gasteiger partial charge >= 0.3 is 0 Å². The Balaban J connectivity index is 0.00000320. The molecule has 5 nitrogen and oxygen atoms in total. The first-order valence-corrected chi connectivity index (χ1v) is 11.7. The average Bonchev–Trinajstić information content (AvgIpc) is 3.11. The van der Waals surface area contributed by atoms with Crippen LogP contribution in [0.3, 0.4) is 0 Å². The van der Waals surface area contributed by atoms with E-state index in [9.17, 15) is 0 Å². The van der Waals surface area contributed by atoms with Crippen molar-refractivity contribution in [2.45, 2.75) is 39.2 Å². The van der Waals surface area contributed by atoms with Gasteiger partial charge in [0.2, 0.25) is 0 Å². The van der Waals surface area contributed by atoms with Crippen LogP contribution in [-0.4, -0.2) is 49.1 Å². The summed E-state index contributed by atoms with van der Waals surface area (Å²) in [4.78, 5) is 13.1. The van der Waals surface area contributed by atoms with Crippen LogP contribution in [0, 0.1) is 12.8 Å². The predicted molar refractivity (Wildman–Crippen MR) is 139 cm³/mol. The second-order valence-electron chi connectivity index (χ2n) is 7.64. The second-order valence-corrected chi connectivity index (χ2v) is 9.40. The van der Waals surface area contributed by atoms with Crippen molar-refractivity contribution < 1.29 is 0 Å². The van der Waals surface area contributed by atoms with E-state index in [4.69, 9.17) is 16.6 Å². The van der Waals surface area contributed by atoms with Gasteiger partial charge in [-0.15, -0.1) is 35.3 Å². The number of guanidine groups is 1. The third-order valence-electron chi connectivity index (χ3n) is 5.33. The Hall–Kier alpha value is -0.900. The normalized spacial score (nSPS) is 19.9. The molecule has 1 fully saturated rings. The molecular formula is C22H33ClIN5S. The lowest BCUT2D eigenvalue weighted by atomic mass is 9.85. The summed E-state index contributed by atoms with van der Waals surface area (Å²) in [7, 11) is 2.21. The summed E-state index contributed by atoms with van der Waals surface area (Å²) < 4.78 is 0. The fourth-order valence-electron chi connectivity index (χ4n) is 4.02. The van der Waals surface area contributed by atoms with E-state index in [1.54, 1.807) is 11.3 Å². The van der Waals surface area contributed by atoms with Gasteiger partial charge in [0, 0.05) is 48.2 Å². The van der Waals surface area contributed by atoms with Crippen molar-refractivity contribution >= 4 is 52.9 Å². The quantitative estimate of drug-likeness (QED) is 0.287. The Morgan fingerprint density at radius 2 is 2.20 bits per heavy atom. The molecule has 1 aromatic carbocycles. The summed E-state index contributed by atoms with van der Waals surface area (Å²) in [6.07, 6.45) is 5.25. The lowest BCUT2D eigenvalue weighted by Gasteiger charge is -2.39. The molecule has 166 valence electrons. The molecule has 3 rings (SSSR count). The third kappa shape index (κ3) is 7.35. The topological polar surface area (TPSA) is 52.6 Å². The van der Waals surface area contributed by atoms with E-state index in [2.05, 4.69) is 53.5 Å². The number of aromatic nitrogens is 1. The first-order valence-electron chi connectivity index (χ1n) is 10.5. The molecule has 0 saturated carbocycles. The number of nitrogens with zero attached hydrogens (tertiary/aromatic N) is 3. The summed E-state index contributed by atoms with van der Waals surface area (Å²) in [5.74, 6) is 1.36. The van der Waals surface area contributed by atoms with Crippen LogP contribution in [0.5, 0.6) is 0 Å². The van der Waals surface area contributed by atoms with Gasteiger partial charge < -0.3 is 10.6 Å². The molecule has 1 aromatic heterocycles. The van der Waals surface area contributed by atoms with Gasteiger partial charge in [-0.2, -0.15) is 0 Å². The van der Waals surface area contributed by atoms with Crippen molar-refractivity contribution in [3.8, 4) is 0 Å². The van der Waals surface area contributed by atoms with Crippen LogP contribution in [0.25, 0.3) is 0 Å². The minimum absolute atomic E-state index is 0. The Morgan fingerprint density at radius 1 is 1.37 bits per heavy atom. The lowest BCUT2D eigenvalue weighted by Crippen LogP contribution is -2.40. The first-order chi connectivity index (χ1) is 14.1. The molecule has 1 aliphatic rings. The van der Waals surface area contributed by atoms with Crippen LogP contribution < -0.4 is 10.6 Å². The molecule has 2 aromatic rings. The van der Waals surface area contributed by atoms with Crippen molar-refractivity contribution in [2.24, 2.45) is 10.9 Å². The van der Waals surface area contributed by atoms with Gasteiger partial charge in [-0.1, -0.05) is 23.7 Å². The van der Waals surface area contributed by atoms with Crippen LogP contribution >= 0.6 is 46.9 Å². The number of rotatable bonds is 7. The summed E-state index contributed by atoms with van der Waals surface area (Å²) >= 11 is 8.03. The van der Waals surface area contributed by atoms with Gasteiger partial charge in [0.05, 0.1) is 5.01 Å². The van der Waals surface area contributed by atoms with Gasteiger partial charge in [-0.3, -0.25) is 9.89 Å². The van der Waals surface area contributed by atoms with Crippen LogP contribution in [0.15, 0.2) is 35.5 Å². The van der Waals surface area contributed by atoms with Crippen LogP contribution in [0.1, 0.15) is 41.3 Å². The molecular weight excluding hydrogens is 529 g/mol.